The Morgan fingerprint density at radius 2 is 1.97 bits per heavy atom. The molecule has 0 spiro atoms. The second-order valence-corrected chi connectivity index (χ2v) is 8.06. The van der Waals surface area contributed by atoms with E-state index < -0.39 is 0 Å². The summed E-state index contributed by atoms with van der Waals surface area (Å²) >= 11 is 0. The fourth-order valence-corrected chi connectivity index (χ4v) is 4.75. The predicted octanol–water partition coefficient (Wildman–Crippen LogP) is 3.44. The van der Waals surface area contributed by atoms with Crippen LogP contribution in [0.25, 0.3) is 22.5 Å². The van der Waals surface area contributed by atoms with Crippen LogP contribution in [0.15, 0.2) is 33.6 Å². The van der Waals surface area contributed by atoms with Gasteiger partial charge in [0.25, 0.3) is 11.6 Å². The van der Waals surface area contributed by atoms with Gasteiger partial charge >= 0.3 is 0 Å². The van der Waals surface area contributed by atoms with Crippen molar-refractivity contribution in [3.8, 4) is 11.4 Å². The molecule has 0 radical (unpaired) electrons. The Labute approximate surface area is 177 Å². The maximum Gasteiger partial charge on any atom is 0.259 e. The molecule has 0 aromatic carbocycles. The van der Waals surface area contributed by atoms with Crippen LogP contribution in [0.5, 0.6) is 0 Å². The summed E-state index contributed by atoms with van der Waals surface area (Å²) in [6.45, 7) is 2.49. The van der Waals surface area contributed by atoms with Crippen LogP contribution in [0.2, 0.25) is 0 Å². The van der Waals surface area contributed by atoms with E-state index in [1.807, 2.05) is 24.0 Å². The third-order valence-electron chi connectivity index (χ3n) is 6.21. The van der Waals surface area contributed by atoms with Gasteiger partial charge in [0.2, 0.25) is 11.7 Å². The molecule has 6 rings (SSSR count). The molecule has 4 aromatic heterocycles. The normalized spacial score (nSPS) is 18.1. The van der Waals surface area contributed by atoms with Gasteiger partial charge in [-0.1, -0.05) is 10.3 Å². The number of fused-ring (bicyclic) bond motifs is 2. The standard InChI is InChI=1S/C22H20N6O3/c1-12-17-18(14-4-2-5-15(14)24-21(17)31-26-12)22(29)28-11-3-6-16(28)20-25-19(27-30-20)13-7-9-23-10-8-13/h7-10,16H,2-6,11H2,1H3/t16-/m0/s1. The van der Waals surface area contributed by atoms with Crippen LogP contribution in [0.1, 0.15) is 58.5 Å². The van der Waals surface area contributed by atoms with E-state index in [1.165, 1.54) is 0 Å². The molecule has 5 heterocycles. The SMILES string of the molecule is Cc1noc2nc3c(c(C(=O)N4CCC[C@H]4c4nc(-c5ccncc5)no4)c12)CCC3. The molecule has 0 saturated carbocycles. The average Bonchev–Trinajstić information content (AvgIpc) is 3.58. The third-order valence-corrected chi connectivity index (χ3v) is 6.21. The van der Waals surface area contributed by atoms with Gasteiger partial charge in [-0.25, -0.2) is 4.98 Å². The van der Waals surface area contributed by atoms with Gasteiger partial charge in [0.15, 0.2) is 0 Å². The van der Waals surface area contributed by atoms with Crippen molar-refractivity contribution >= 4 is 17.0 Å². The summed E-state index contributed by atoms with van der Waals surface area (Å²) in [5, 5.41) is 8.91. The molecular formula is C22H20N6O3. The fraction of sp³-hybridized carbons (Fsp3) is 0.364. The maximum absolute atomic E-state index is 13.9. The minimum Gasteiger partial charge on any atom is -0.337 e. The summed E-state index contributed by atoms with van der Waals surface area (Å²) < 4.78 is 11.0. The lowest BCUT2D eigenvalue weighted by atomic mass is 10.0. The molecular weight excluding hydrogens is 396 g/mol. The van der Waals surface area contributed by atoms with Gasteiger partial charge in [-0.2, -0.15) is 4.98 Å². The Balaban J connectivity index is 1.40. The highest BCUT2D eigenvalue weighted by atomic mass is 16.5. The number of carbonyl (C=O) groups is 1. The Morgan fingerprint density at radius 3 is 2.84 bits per heavy atom. The summed E-state index contributed by atoms with van der Waals surface area (Å²) in [4.78, 5) is 28.9. The minimum atomic E-state index is -0.254. The van der Waals surface area contributed by atoms with Gasteiger partial charge in [0, 0.05) is 30.2 Å². The first-order chi connectivity index (χ1) is 15.2. The monoisotopic (exact) mass is 416 g/mol. The first kappa shape index (κ1) is 18.2. The summed E-state index contributed by atoms with van der Waals surface area (Å²) in [5.74, 6) is 0.920. The number of amides is 1. The second-order valence-electron chi connectivity index (χ2n) is 8.06. The summed E-state index contributed by atoms with van der Waals surface area (Å²) in [7, 11) is 0. The molecule has 156 valence electrons. The average molecular weight is 416 g/mol. The Bertz CT molecular complexity index is 1300. The van der Waals surface area contributed by atoms with E-state index in [-0.39, 0.29) is 11.9 Å². The molecule has 1 fully saturated rings. The highest BCUT2D eigenvalue weighted by molar-refractivity contribution is 6.07. The largest absolute Gasteiger partial charge is 0.337 e. The van der Waals surface area contributed by atoms with Gasteiger partial charge in [0.1, 0.15) is 6.04 Å². The fourth-order valence-electron chi connectivity index (χ4n) is 4.75. The number of carbonyl (C=O) groups excluding carboxylic acids is 1. The highest BCUT2D eigenvalue weighted by Crippen LogP contribution is 2.37. The van der Waals surface area contributed by atoms with E-state index in [1.54, 1.807) is 12.4 Å². The topological polar surface area (TPSA) is 111 Å². The van der Waals surface area contributed by atoms with Gasteiger partial charge in [-0.05, 0) is 56.7 Å². The number of hydrogen-bond acceptors (Lipinski definition) is 8. The lowest BCUT2D eigenvalue weighted by Crippen LogP contribution is -2.32. The number of likely N-dealkylation sites (tertiary alicyclic amines) is 1. The molecule has 2 aliphatic rings. The molecule has 1 aliphatic heterocycles. The lowest BCUT2D eigenvalue weighted by molar-refractivity contribution is 0.0711. The van der Waals surface area contributed by atoms with Gasteiger partial charge in [0.05, 0.1) is 16.6 Å². The summed E-state index contributed by atoms with van der Waals surface area (Å²) in [6.07, 6.45) is 7.72. The molecule has 31 heavy (non-hydrogen) atoms. The van der Waals surface area contributed by atoms with E-state index in [4.69, 9.17) is 9.05 Å². The van der Waals surface area contributed by atoms with E-state index in [0.717, 1.165) is 54.3 Å². The van der Waals surface area contributed by atoms with Crippen molar-refractivity contribution in [2.24, 2.45) is 0 Å². The Kier molecular flexibility index (Phi) is 4.09. The van der Waals surface area contributed by atoms with E-state index >= 15 is 0 Å². The number of nitrogens with zero attached hydrogens (tertiary/aromatic N) is 6. The van der Waals surface area contributed by atoms with Crippen LogP contribution in [0.4, 0.5) is 0 Å². The van der Waals surface area contributed by atoms with Crippen molar-refractivity contribution in [3.63, 3.8) is 0 Å². The van der Waals surface area contributed by atoms with Crippen LogP contribution in [0, 0.1) is 6.92 Å². The van der Waals surface area contributed by atoms with Gasteiger partial charge < -0.3 is 13.9 Å². The molecule has 1 saturated heterocycles. The first-order valence-corrected chi connectivity index (χ1v) is 10.5. The zero-order valence-electron chi connectivity index (χ0n) is 17.0. The van der Waals surface area contributed by atoms with Crippen molar-refractivity contribution < 1.29 is 13.8 Å². The molecule has 0 unspecified atom stereocenters. The van der Waals surface area contributed by atoms with Crippen molar-refractivity contribution in [1.82, 2.24) is 30.2 Å². The van der Waals surface area contributed by atoms with Crippen molar-refractivity contribution in [2.75, 3.05) is 6.54 Å². The van der Waals surface area contributed by atoms with E-state index in [2.05, 4.69) is 25.3 Å². The van der Waals surface area contributed by atoms with Crippen LogP contribution < -0.4 is 0 Å². The molecule has 9 heteroatoms. The molecule has 1 atom stereocenters. The number of aromatic nitrogens is 5. The van der Waals surface area contributed by atoms with Crippen molar-refractivity contribution in [3.05, 3.63) is 52.9 Å². The highest BCUT2D eigenvalue weighted by Gasteiger charge is 2.38. The number of pyridine rings is 2. The smallest absolute Gasteiger partial charge is 0.259 e. The minimum absolute atomic E-state index is 0.0389. The van der Waals surface area contributed by atoms with Gasteiger partial charge in [-0.15, -0.1) is 0 Å². The lowest BCUT2D eigenvalue weighted by Gasteiger charge is -2.23. The van der Waals surface area contributed by atoms with Crippen LogP contribution >= 0.6 is 0 Å². The quantitative estimate of drug-likeness (QED) is 0.499. The molecule has 0 N–H and O–H groups in total. The zero-order chi connectivity index (χ0) is 20.9. The molecule has 4 aromatic rings. The van der Waals surface area contributed by atoms with Crippen molar-refractivity contribution in [1.29, 1.82) is 0 Å². The summed E-state index contributed by atoms with van der Waals surface area (Å²) in [6, 6.07) is 3.41. The van der Waals surface area contributed by atoms with Crippen molar-refractivity contribution in [2.45, 2.75) is 45.1 Å². The number of rotatable bonds is 3. The second kappa shape index (κ2) is 6.97. The third kappa shape index (κ3) is 2.83. The molecule has 0 bridgehead atoms. The Hall–Kier alpha value is -3.62. The Morgan fingerprint density at radius 1 is 1.10 bits per heavy atom. The summed E-state index contributed by atoms with van der Waals surface area (Å²) in [5.41, 5.74) is 4.61. The van der Waals surface area contributed by atoms with E-state index in [0.29, 0.717) is 35.2 Å². The van der Waals surface area contributed by atoms with E-state index in [9.17, 15) is 4.79 Å². The van der Waals surface area contributed by atoms with Gasteiger partial charge in [-0.3, -0.25) is 9.78 Å². The van der Waals surface area contributed by atoms with Crippen LogP contribution in [-0.4, -0.2) is 42.6 Å². The zero-order valence-corrected chi connectivity index (χ0v) is 17.0. The molecule has 1 amide bonds. The number of hydrogen-bond donors (Lipinski definition) is 0. The maximum atomic E-state index is 13.9. The number of aryl methyl sites for hydroxylation is 2. The predicted molar refractivity (Wildman–Crippen MR) is 109 cm³/mol. The molecule has 9 nitrogen and oxygen atoms in total. The van der Waals surface area contributed by atoms with Crippen LogP contribution in [-0.2, 0) is 12.8 Å². The molecule has 1 aliphatic carbocycles. The van der Waals surface area contributed by atoms with Crippen LogP contribution in [0.3, 0.4) is 0 Å². The first-order valence-electron chi connectivity index (χ1n) is 10.5.